The summed E-state index contributed by atoms with van der Waals surface area (Å²) in [6.45, 7) is 0. The van der Waals surface area contributed by atoms with Gasteiger partial charge < -0.3 is 10.2 Å². The lowest BCUT2D eigenvalue weighted by atomic mass is 10.4. The van der Waals surface area contributed by atoms with Crippen LogP contribution in [0.25, 0.3) is 0 Å². The fraction of sp³-hybridized carbons (Fsp3) is 0.167. The quantitative estimate of drug-likeness (QED) is 0.460. The average molecular weight is 228 g/mol. The van der Waals surface area contributed by atoms with Crippen molar-refractivity contribution < 1.29 is 17.9 Å². The van der Waals surface area contributed by atoms with Gasteiger partial charge in [0.05, 0.1) is 11.9 Å². The topological polar surface area (TPSA) is 60.2 Å². The van der Waals surface area contributed by atoms with Crippen LogP contribution in [-0.2, 0) is 0 Å². The van der Waals surface area contributed by atoms with Gasteiger partial charge in [-0.15, -0.1) is 13.2 Å². The van der Waals surface area contributed by atoms with Crippen LogP contribution in [0.15, 0.2) is 12.3 Å². The SMILES string of the molecule is NNc1cc(OC(F)(F)F)cnc1Cl. The van der Waals surface area contributed by atoms with Crippen molar-refractivity contribution in [3.63, 3.8) is 0 Å². The third-order valence-electron chi connectivity index (χ3n) is 1.20. The summed E-state index contributed by atoms with van der Waals surface area (Å²) in [6.07, 6.45) is -3.92. The molecule has 0 amide bonds. The second-order valence-corrected chi connectivity index (χ2v) is 2.56. The van der Waals surface area contributed by atoms with Crippen LogP contribution >= 0.6 is 11.6 Å². The Hall–Kier alpha value is -1.21. The Morgan fingerprint density at radius 2 is 2.14 bits per heavy atom. The van der Waals surface area contributed by atoms with Crippen molar-refractivity contribution in [3.8, 4) is 5.75 Å². The Kier molecular flexibility index (Phi) is 3.02. The molecule has 0 aliphatic rings. The fourth-order valence-corrected chi connectivity index (χ4v) is 0.877. The minimum absolute atomic E-state index is 0.0398. The number of nitrogens with one attached hydrogen (secondary N) is 1. The van der Waals surface area contributed by atoms with Crippen LogP contribution in [0, 0.1) is 0 Å². The minimum Gasteiger partial charge on any atom is -0.404 e. The van der Waals surface area contributed by atoms with Crippen LogP contribution < -0.4 is 16.0 Å². The summed E-state index contributed by atoms with van der Waals surface area (Å²) < 4.78 is 38.8. The van der Waals surface area contributed by atoms with Crippen LogP contribution in [0.1, 0.15) is 0 Å². The third-order valence-corrected chi connectivity index (χ3v) is 1.50. The molecule has 0 aromatic carbocycles. The molecule has 0 aliphatic heterocycles. The molecule has 1 rings (SSSR count). The standard InChI is InChI=1S/C6H5ClF3N3O/c7-5-4(13-11)1-3(2-12-5)14-6(8,9)10/h1-2,13H,11H2. The largest absolute Gasteiger partial charge is 0.573 e. The Bertz CT molecular complexity index is 331. The number of ether oxygens (including phenoxy) is 1. The zero-order valence-electron chi connectivity index (χ0n) is 6.60. The van der Waals surface area contributed by atoms with E-state index in [0.29, 0.717) is 0 Å². The first kappa shape index (κ1) is 10.9. The highest BCUT2D eigenvalue weighted by Gasteiger charge is 2.31. The van der Waals surface area contributed by atoms with Gasteiger partial charge in [-0.3, -0.25) is 5.84 Å². The monoisotopic (exact) mass is 227 g/mol. The molecule has 1 aromatic heterocycles. The predicted molar refractivity (Wildman–Crippen MR) is 43.7 cm³/mol. The van der Waals surface area contributed by atoms with Gasteiger partial charge in [0.1, 0.15) is 5.75 Å². The molecule has 4 nitrogen and oxygen atoms in total. The number of alkyl halides is 3. The molecule has 0 fully saturated rings. The first-order valence-corrected chi connectivity index (χ1v) is 3.68. The van der Waals surface area contributed by atoms with E-state index in [9.17, 15) is 13.2 Å². The van der Waals surface area contributed by atoms with Crippen LogP contribution in [0.5, 0.6) is 5.75 Å². The summed E-state index contributed by atoms with van der Waals surface area (Å²) in [6, 6.07) is 0.989. The Balaban J connectivity index is 2.90. The van der Waals surface area contributed by atoms with Crippen molar-refractivity contribution in [1.29, 1.82) is 0 Å². The number of halogens is 4. The van der Waals surface area contributed by atoms with Crippen molar-refractivity contribution in [3.05, 3.63) is 17.4 Å². The molecule has 1 aromatic rings. The number of nitrogen functional groups attached to an aromatic ring is 1. The van der Waals surface area contributed by atoms with Gasteiger partial charge in [0.25, 0.3) is 0 Å². The lowest BCUT2D eigenvalue weighted by molar-refractivity contribution is -0.274. The fourth-order valence-electron chi connectivity index (χ4n) is 0.720. The summed E-state index contributed by atoms with van der Waals surface area (Å²) >= 11 is 5.48. The minimum atomic E-state index is -4.76. The molecule has 3 N–H and O–H groups in total. The number of hydrogen-bond donors (Lipinski definition) is 2. The third kappa shape index (κ3) is 2.93. The Morgan fingerprint density at radius 1 is 1.50 bits per heavy atom. The second kappa shape index (κ2) is 3.89. The van der Waals surface area contributed by atoms with E-state index in [1.807, 2.05) is 0 Å². The zero-order valence-corrected chi connectivity index (χ0v) is 7.36. The molecule has 0 saturated carbocycles. The van der Waals surface area contributed by atoms with Gasteiger partial charge in [-0.1, -0.05) is 11.6 Å². The van der Waals surface area contributed by atoms with E-state index in [2.05, 4.69) is 15.1 Å². The Morgan fingerprint density at radius 3 is 2.64 bits per heavy atom. The van der Waals surface area contributed by atoms with Crippen molar-refractivity contribution in [2.75, 3.05) is 5.43 Å². The number of hydrogen-bond acceptors (Lipinski definition) is 4. The highest BCUT2D eigenvalue weighted by molar-refractivity contribution is 6.31. The number of nitrogens with zero attached hydrogens (tertiary/aromatic N) is 1. The number of aromatic nitrogens is 1. The molecule has 14 heavy (non-hydrogen) atoms. The van der Waals surface area contributed by atoms with E-state index < -0.39 is 12.1 Å². The van der Waals surface area contributed by atoms with Crippen molar-refractivity contribution in [2.45, 2.75) is 6.36 Å². The van der Waals surface area contributed by atoms with Gasteiger partial charge in [-0.2, -0.15) is 0 Å². The number of pyridine rings is 1. The molecular weight excluding hydrogens is 223 g/mol. The summed E-state index contributed by atoms with van der Waals surface area (Å²) in [5, 5.41) is -0.0398. The van der Waals surface area contributed by atoms with Crippen molar-refractivity contribution >= 4 is 17.3 Å². The lowest BCUT2D eigenvalue weighted by Crippen LogP contribution is -2.17. The van der Waals surface area contributed by atoms with Gasteiger partial charge in [-0.25, -0.2) is 4.98 Å². The number of anilines is 1. The smallest absolute Gasteiger partial charge is 0.404 e. The highest BCUT2D eigenvalue weighted by atomic mass is 35.5. The van der Waals surface area contributed by atoms with Gasteiger partial charge in [0.15, 0.2) is 5.15 Å². The van der Waals surface area contributed by atoms with Crippen molar-refractivity contribution in [1.82, 2.24) is 4.98 Å². The van der Waals surface area contributed by atoms with E-state index in [1.54, 1.807) is 0 Å². The molecule has 0 atom stereocenters. The van der Waals surface area contributed by atoms with Gasteiger partial charge in [0, 0.05) is 6.07 Å². The van der Waals surface area contributed by atoms with Crippen LogP contribution in [-0.4, -0.2) is 11.3 Å². The number of rotatable bonds is 2. The van der Waals surface area contributed by atoms with Crippen molar-refractivity contribution in [2.24, 2.45) is 5.84 Å². The molecule has 1 heterocycles. The number of hydrazine groups is 1. The summed E-state index contributed by atoms with van der Waals surface area (Å²) in [5.74, 6) is 4.48. The predicted octanol–water partition coefficient (Wildman–Crippen LogP) is 1.92. The molecular formula is C6H5ClF3N3O. The maximum atomic E-state index is 11.7. The average Bonchev–Trinajstić information content (AvgIpc) is 2.06. The first-order chi connectivity index (χ1) is 6.42. The van der Waals surface area contributed by atoms with Crippen LogP contribution in [0.3, 0.4) is 0 Å². The van der Waals surface area contributed by atoms with Crippen LogP contribution in [0.4, 0.5) is 18.9 Å². The maximum absolute atomic E-state index is 11.7. The molecule has 0 radical (unpaired) electrons. The van der Waals surface area contributed by atoms with E-state index in [1.165, 1.54) is 0 Å². The summed E-state index contributed by atoms with van der Waals surface area (Å²) in [5.41, 5.74) is 2.13. The molecule has 0 saturated heterocycles. The molecule has 0 bridgehead atoms. The van der Waals surface area contributed by atoms with Crippen LogP contribution in [0.2, 0.25) is 5.15 Å². The van der Waals surface area contributed by atoms with E-state index >= 15 is 0 Å². The molecule has 78 valence electrons. The summed E-state index contributed by atoms with van der Waals surface area (Å²) in [4.78, 5) is 3.43. The van der Waals surface area contributed by atoms with E-state index in [0.717, 1.165) is 12.3 Å². The molecule has 8 heteroatoms. The number of nitrogens with two attached hydrogens (primary N) is 1. The normalized spacial score (nSPS) is 11.2. The highest BCUT2D eigenvalue weighted by Crippen LogP contribution is 2.27. The zero-order chi connectivity index (χ0) is 10.8. The second-order valence-electron chi connectivity index (χ2n) is 2.20. The summed E-state index contributed by atoms with van der Waals surface area (Å²) in [7, 11) is 0. The molecule has 0 spiro atoms. The maximum Gasteiger partial charge on any atom is 0.573 e. The molecule has 0 aliphatic carbocycles. The van der Waals surface area contributed by atoms with Gasteiger partial charge >= 0.3 is 6.36 Å². The van der Waals surface area contributed by atoms with Gasteiger partial charge in [0.2, 0.25) is 0 Å². The van der Waals surface area contributed by atoms with Gasteiger partial charge in [-0.05, 0) is 0 Å². The Labute approximate surface area is 81.8 Å². The lowest BCUT2D eigenvalue weighted by Gasteiger charge is -2.09. The van der Waals surface area contributed by atoms with E-state index in [4.69, 9.17) is 17.4 Å². The van der Waals surface area contributed by atoms with E-state index in [-0.39, 0.29) is 10.8 Å². The first-order valence-electron chi connectivity index (χ1n) is 3.30. The molecule has 0 unspecified atom stereocenters.